The number of fused-ring (bicyclic) bond motifs is 1. The minimum atomic E-state index is -0.313. The van der Waals surface area contributed by atoms with E-state index in [4.69, 9.17) is 0 Å². The van der Waals surface area contributed by atoms with Gasteiger partial charge >= 0.3 is 0 Å². The van der Waals surface area contributed by atoms with Crippen molar-refractivity contribution in [2.45, 2.75) is 18.9 Å². The van der Waals surface area contributed by atoms with Gasteiger partial charge < -0.3 is 5.32 Å². The summed E-state index contributed by atoms with van der Waals surface area (Å²) in [5.41, 5.74) is 4.25. The summed E-state index contributed by atoms with van der Waals surface area (Å²) in [6.07, 6.45) is 3.38. The van der Waals surface area contributed by atoms with Gasteiger partial charge in [0, 0.05) is 5.56 Å². The van der Waals surface area contributed by atoms with Crippen LogP contribution in [-0.4, -0.2) is 16.1 Å². The molecule has 4 rings (SSSR count). The van der Waals surface area contributed by atoms with E-state index >= 15 is 0 Å². The van der Waals surface area contributed by atoms with E-state index in [9.17, 15) is 9.18 Å². The molecule has 1 aliphatic carbocycles. The van der Waals surface area contributed by atoms with E-state index in [2.05, 4.69) is 27.6 Å². The number of amides is 1. The Morgan fingerprint density at radius 2 is 1.96 bits per heavy atom. The third-order valence-electron chi connectivity index (χ3n) is 4.46. The third-order valence-corrected chi connectivity index (χ3v) is 4.46. The fourth-order valence-corrected chi connectivity index (χ4v) is 3.24. The predicted molar refractivity (Wildman–Crippen MR) is 89.0 cm³/mol. The van der Waals surface area contributed by atoms with Crippen LogP contribution in [0.15, 0.2) is 54.7 Å². The van der Waals surface area contributed by atoms with Crippen molar-refractivity contribution in [3.05, 3.63) is 77.2 Å². The van der Waals surface area contributed by atoms with Crippen molar-refractivity contribution in [2.75, 3.05) is 0 Å². The molecule has 0 radical (unpaired) electrons. The second-order valence-corrected chi connectivity index (χ2v) is 5.93. The molecule has 2 N–H and O–H groups in total. The lowest BCUT2D eigenvalue weighted by molar-refractivity contribution is 0.0937. The van der Waals surface area contributed by atoms with Crippen LogP contribution in [0.25, 0.3) is 11.3 Å². The maximum Gasteiger partial charge on any atom is 0.255 e. The summed E-state index contributed by atoms with van der Waals surface area (Å²) in [6, 6.07) is 14.2. The van der Waals surface area contributed by atoms with E-state index < -0.39 is 0 Å². The molecule has 0 aliphatic heterocycles. The average Bonchev–Trinajstić information content (AvgIpc) is 3.23. The zero-order valence-electron chi connectivity index (χ0n) is 12.9. The lowest BCUT2D eigenvalue weighted by Gasteiger charge is -2.14. The van der Waals surface area contributed by atoms with Crippen molar-refractivity contribution >= 4 is 5.91 Å². The number of carbonyl (C=O) groups is 1. The van der Waals surface area contributed by atoms with Gasteiger partial charge in [-0.2, -0.15) is 5.10 Å². The Labute approximate surface area is 138 Å². The molecule has 0 spiro atoms. The van der Waals surface area contributed by atoms with Crippen molar-refractivity contribution in [2.24, 2.45) is 0 Å². The van der Waals surface area contributed by atoms with Gasteiger partial charge in [0.1, 0.15) is 5.82 Å². The molecule has 1 unspecified atom stereocenters. The Morgan fingerprint density at radius 1 is 1.17 bits per heavy atom. The highest BCUT2D eigenvalue weighted by Gasteiger charge is 2.25. The van der Waals surface area contributed by atoms with Crippen LogP contribution in [0.4, 0.5) is 4.39 Å². The number of aromatic amines is 1. The molecule has 120 valence electrons. The first-order chi connectivity index (χ1) is 11.7. The first-order valence-corrected chi connectivity index (χ1v) is 7.90. The Kier molecular flexibility index (Phi) is 3.61. The monoisotopic (exact) mass is 321 g/mol. The molecule has 1 heterocycles. The minimum Gasteiger partial charge on any atom is -0.345 e. The van der Waals surface area contributed by atoms with Gasteiger partial charge in [0.05, 0.1) is 23.5 Å². The molecule has 0 bridgehead atoms. The van der Waals surface area contributed by atoms with Gasteiger partial charge in [-0.15, -0.1) is 0 Å². The quantitative estimate of drug-likeness (QED) is 0.774. The number of hydrogen-bond donors (Lipinski definition) is 2. The first-order valence-electron chi connectivity index (χ1n) is 7.90. The molecule has 4 nitrogen and oxygen atoms in total. The second-order valence-electron chi connectivity index (χ2n) is 5.93. The Balaban J connectivity index is 1.58. The zero-order valence-corrected chi connectivity index (χ0v) is 12.9. The summed E-state index contributed by atoms with van der Waals surface area (Å²) in [5, 5.41) is 9.90. The summed E-state index contributed by atoms with van der Waals surface area (Å²) in [5.74, 6) is -0.489. The summed E-state index contributed by atoms with van der Waals surface area (Å²) in [4.78, 5) is 12.7. The molecule has 0 saturated heterocycles. The lowest BCUT2D eigenvalue weighted by atomic mass is 10.1. The number of nitrogens with zero attached hydrogens (tertiary/aromatic N) is 1. The molecule has 24 heavy (non-hydrogen) atoms. The van der Waals surface area contributed by atoms with E-state index in [0.717, 1.165) is 18.4 Å². The number of benzene rings is 2. The molecule has 0 saturated carbocycles. The van der Waals surface area contributed by atoms with Crippen LogP contribution >= 0.6 is 0 Å². The highest BCUT2D eigenvalue weighted by molar-refractivity contribution is 6.00. The van der Waals surface area contributed by atoms with Crippen molar-refractivity contribution in [3.63, 3.8) is 0 Å². The maximum absolute atomic E-state index is 13.1. The molecule has 0 fully saturated rings. The van der Waals surface area contributed by atoms with Gasteiger partial charge in [0.2, 0.25) is 0 Å². The fourth-order valence-electron chi connectivity index (χ4n) is 3.24. The smallest absolute Gasteiger partial charge is 0.255 e. The summed E-state index contributed by atoms with van der Waals surface area (Å²) >= 11 is 0. The van der Waals surface area contributed by atoms with Crippen LogP contribution in [0.3, 0.4) is 0 Å². The van der Waals surface area contributed by atoms with Crippen LogP contribution in [0, 0.1) is 5.82 Å². The molecule has 2 aromatic carbocycles. The number of aryl methyl sites for hydroxylation is 1. The number of nitrogens with one attached hydrogen (secondary N) is 2. The topological polar surface area (TPSA) is 57.8 Å². The number of H-pyrrole nitrogens is 1. The molecule has 3 aromatic rings. The largest absolute Gasteiger partial charge is 0.345 e. The van der Waals surface area contributed by atoms with Gasteiger partial charge in [0.15, 0.2) is 0 Å². The number of carbonyl (C=O) groups excluding carboxylic acids is 1. The highest BCUT2D eigenvalue weighted by atomic mass is 19.1. The van der Waals surface area contributed by atoms with Crippen LogP contribution < -0.4 is 5.32 Å². The summed E-state index contributed by atoms with van der Waals surface area (Å²) < 4.78 is 13.1. The first kappa shape index (κ1) is 14.6. The highest BCUT2D eigenvalue weighted by Crippen LogP contribution is 2.31. The summed E-state index contributed by atoms with van der Waals surface area (Å²) in [7, 11) is 0. The molecular weight excluding hydrogens is 305 g/mol. The van der Waals surface area contributed by atoms with Crippen LogP contribution in [-0.2, 0) is 6.42 Å². The Morgan fingerprint density at radius 3 is 2.79 bits per heavy atom. The van der Waals surface area contributed by atoms with E-state index in [1.807, 2.05) is 12.1 Å². The van der Waals surface area contributed by atoms with Crippen molar-refractivity contribution < 1.29 is 9.18 Å². The average molecular weight is 321 g/mol. The molecular formula is C19H16FN3O. The number of halogens is 1. The molecule has 1 atom stereocenters. The van der Waals surface area contributed by atoms with Crippen LogP contribution in [0.2, 0.25) is 0 Å². The van der Waals surface area contributed by atoms with Gasteiger partial charge in [-0.25, -0.2) is 4.39 Å². The second kappa shape index (κ2) is 5.92. The number of rotatable bonds is 3. The predicted octanol–water partition coefficient (Wildman–Crippen LogP) is 3.63. The maximum atomic E-state index is 13.1. The standard InChI is InChI=1S/C19H16FN3O/c20-14-8-5-13(6-9-14)18-16(11-21-23-18)19(24)22-17-10-7-12-3-1-2-4-15(12)17/h1-6,8-9,11,17H,7,10H2,(H,21,23)(H,22,24). The molecule has 1 amide bonds. The van der Waals surface area contributed by atoms with Crippen molar-refractivity contribution in [1.82, 2.24) is 15.5 Å². The number of aromatic nitrogens is 2. The van der Waals surface area contributed by atoms with Gasteiger partial charge in [0.25, 0.3) is 5.91 Å². The Hall–Kier alpha value is -2.95. The normalized spacial score (nSPS) is 16.0. The lowest BCUT2D eigenvalue weighted by Crippen LogP contribution is -2.27. The van der Waals surface area contributed by atoms with Crippen molar-refractivity contribution in [1.29, 1.82) is 0 Å². The van der Waals surface area contributed by atoms with E-state index in [1.54, 1.807) is 12.1 Å². The summed E-state index contributed by atoms with van der Waals surface area (Å²) in [6.45, 7) is 0. The van der Waals surface area contributed by atoms with Gasteiger partial charge in [-0.3, -0.25) is 9.89 Å². The SMILES string of the molecule is O=C(NC1CCc2ccccc21)c1cn[nH]c1-c1ccc(F)cc1. The van der Waals surface area contributed by atoms with Crippen LogP contribution in [0.1, 0.15) is 33.9 Å². The van der Waals surface area contributed by atoms with Crippen molar-refractivity contribution in [3.8, 4) is 11.3 Å². The molecule has 1 aromatic heterocycles. The molecule has 1 aliphatic rings. The minimum absolute atomic E-state index is 0.0182. The van der Waals surface area contributed by atoms with E-state index in [1.165, 1.54) is 29.5 Å². The van der Waals surface area contributed by atoms with Gasteiger partial charge in [-0.05, 0) is 48.2 Å². The zero-order chi connectivity index (χ0) is 16.5. The molecule has 5 heteroatoms. The number of hydrogen-bond acceptors (Lipinski definition) is 2. The Bertz CT molecular complexity index is 886. The van der Waals surface area contributed by atoms with E-state index in [0.29, 0.717) is 11.3 Å². The van der Waals surface area contributed by atoms with Gasteiger partial charge in [-0.1, -0.05) is 24.3 Å². The van der Waals surface area contributed by atoms with E-state index in [-0.39, 0.29) is 17.8 Å². The fraction of sp³-hybridized carbons (Fsp3) is 0.158. The van der Waals surface area contributed by atoms with Crippen LogP contribution in [0.5, 0.6) is 0 Å². The third kappa shape index (κ3) is 2.58.